The second kappa shape index (κ2) is 13.9. The minimum Gasteiger partial charge on any atom is -0.494 e. The summed E-state index contributed by atoms with van der Waals surface area (Å²) in [5.74, 6) is -4.06. The topological polar surface area (TPSA) is 139 Å². The van der Waals surface area contributed by atoms with Gasteiger partial charge in [0.25, 0.3) is 0 Å². The van der Waals surface area contributed by atoms with Crippen molar-refractivity contribution in [1.82, 2.24) is 5.32 Å². The maximum Gasteiger partial charge on any atom is 0.326 e. The van der Waals surface area contributed by atoms with Crippen molar-refractivity contribution in [3.05, 3.63) is 65.7 Å². The Kier molecular flexibility index (Phi) is 10.9. The fourth-order valence-electron chi connectivity index (χ4n) is 3.36. The van der Waals surface area contributed by atoms with Crippen LogP contribution in [0.25, 0.3) is 0 Å². The predicted molar refractivity (Wildman–Crippen MR) is 124 cm³/mol. The van der Waals surface area contributed by atoms with E-state index in [-0.39, 0.29) is 12.8 Å². The Morgan fingerprint density at radius 2 is 1.45 bits per heavy atom. The van der Waals surface area contributed by atoms with E-state index in [0.717, 1.165) is 25.7 Å². The van der Waals surface area contributed by atoms with Crippen LogP contribution in [0.15, 0.2) is 54.6 Å². The molecule has 0 aliphatic carbocycles. The number of carbonyl (C=O) groups excluding carboxylic acids is 1. The van der Waals surface area contributed by atoms with Gasteiger partial charge in [-0.3, -0.25) is 9.59 Å². The summed E-state index contributed by atoms with van der Waals surface area (Å²) in [5.41, 5.74) is 6.84. The van der Waals surface area contributed by atoms with Crippen LogP contribution in [0.4, 0.5) is 0 Å². The number of aliphatic carboxylic acids is 2. The molecule has 33 heavy (non-hydrogen) atoms. The van der Waals surface area contributed by atoms with E-state index in [1.165, 1.54) is 0 Å². The van der Waals surface area contributed by atoms with Gasteiger partial charge in [-0.25, -0.2) is 4.79 Å². The third-order valence-electron chi connectivity index (χ3n) is 5.24. The highest BCUT2D eigenvalue weighted by Gasteiger charge is 2.30. The summed E-state index contributed by atoms with van der Waals surface area (Å²) in [4.78, 5) is 35.9. The van der Waals surface area contributed by atoms with Crippen molar-refractivity contribution in [3.8, 4) is 5.75 Å². The third-order valence-corrected chi connectivity index (χ3v) is 5.24. The Hall–Kier alpha value is -3.39. The first-order chi connectivity index (χ1) is 15.9. The van der Waals surface area contributed by atoms with Crippen molar-refractivity contribution in [2.75, 3.05) is 13.2 Å². The van der Waals surface area contributed by atoms with E-state index < -0.39 is 29.8 Å². The molecular formula is C25H32N2O6. The lowest BCUT2D eigenvalue weighted by Crippen LogP contribution is -2.47. The maximum absolute atomic E-state index is 12.6. The number of carboxylic acids is 2. The number of nitrogens with one attached hydrogen (secondary N) is 1. The number of rotatable bonds is 15. The quantitative estimate of drug-likeness (QED) is 0.239. The van der Waals surface area contributed by atoms with Crippen molar-refractivity contribution in [2.45, 2.75) is 44.6 Å². The smallest absolute Gasteiger partial charge is 0.326 e. The SMILES string of the molecule is NCCCCCCOc1ccc(CC(NC(=O)[C@H](Cc2ccccc2)C(=O)O)C(=O)O)cc1. The molecule has 0 saturated carbocycles. The molecule has 0 aromatic heterocycles. The number of hydrogen-bond acceptors (Lipinski definition) is 5. The largest absolute Gasteiger partial charge is 0.494 e. The first-order valence-electron chi connectivity index (χ1n) is 11.1. The van der Waals surface area contributed by atoms with E-state index in [4.69, 9.17) is 10.5 Å². The van der Waals surface area contributed by atoms with Crippen molar-refractivity contribution in [3.63, 3.8) is 0 Å². The second-order valence-electron chi connectivity index (χ2n) is 7.88. The van der Waals surface area contributed by atoms with Gasteiger partial charge in [-0.2, -0.15) is 0 Å². The number of hydrogen-bond donors (Lipinski definition) is 4. The first-order valence-corrected chi connectivity index (χ1v) is 11.1. The van der Waals surface area contributed by atoms with Gasteiger partial charge in [0.05, 0.1) is 6.61 Å². The molecular weight excluding hydrogens is 424 g/mol. The molecule has 0 fully saturated rings. The molecule has 1 amide bonds. The van der Waals surface area contributed by atoms with Gasteiger partial charge in [0.2, 0.25) is 5.91 Å². The molecule has 2 aromatic carbocycles. The van der Waals surface area contributed by atoms with Gasteiger partial charge in [0.15, 0.2) is 0 Å². The molecule has 2 aromatic rings. The lowest BCUT2D eigenvalue weighted by atomic mass is 9.97. The average molecular weight is 457 g/mol. The summed E-state index contributed by atoms with van der Waals surface area (Å²) in [5, 5.41) is 21.4. The van der Waals surface area contributed by atoms with Crippen LogP contribution in [0.2, 0.25) is 0 Å². The highest BCUT2D eigenvalue weighted by Crippen LogP contribution is 2.15. The molecule has 0 radical (unpaired) electrons. The van der Waals surface area contributed by atoms with E-state index in [1.807, 2.05) is 0 Å². The van der Waals surface area contributed by atoms with E-state index in [9.17, 15) is 24.6 Å². The van der Waals surface area contributed by atoms with Crippen molar-refractivity contribution in [1.29, 1.82) is 0 Å². The number of ether oxygens (including phenoxy) is 1. The van der Waals surface area contributed by atoms with Gasteiger partial charge >= 0.3 is 11.9 Å². The van der Waals surface area contributed by atoms with Crippen LogP contribution in [0.3, 0.4) is 0 Å². The zero-order chi connectivity index (χ0) is 24.1. The molecule has 1 unspecified atom stereocenters. The van der Waals surface area contributed by atoms with Gasteiger partial charge in [0.1, 0.15) is 17.7 Å². The van der Waals surface area contributed by atoms with Crippen LogP contribution in [0, 0.1) is 5.92 Å². The lowest BCUT2D eigenvalue weighted by molar-refractivity contribution is -0.149. The molecule has 0 bridgehead atoms. The van der Waals surface area contributed by atoms with Crippen molar-refractivity contribution >= 4 is 17.8 Å². The number of benzene rings is 2. The summed E-state index contributed by atoms with van der Waals surface area (Å²) in [6, 6.07) is 14.5. The van der Waals surface area contributed by atoms with Crippen LogP contribution < -0.4 is 15.8 Å². The molecule has 2 rings (SSSR count). The molecule has 0 aliphatic rings. The second-order valence-corrected chi connectivity index (χ2v) is 7.88. The van der Waals surface area contributed by atoms with Crippen LogP contribution in [0.5, 0.6) is 5.75 Å². The molecule has 2 atom stereocenters. The minimum atomic E-state index is -1.38. The van der Waals surface area contributed by atoms with Gasteiger partial charge < -0.3 is 26.0 Å². The van der Waals surface area contributed by atoms with E-state index in [2.05, 4.69) is 5.32 Å². The van der Waals surface area contributed by atoms with E-state index in [0.29, 0.717) is 30.0 Å². The Labute approximate surface area is 193 Å². The fraction of sp³-hybridized carbons (Fsp3) is 0.400. The minimum absolute atomic E-state index is 0.0212. The molecule has 0 heterocycles. The lowest BCUT2D eigenvalue weighted by Gasteiger charge is -2.18. The number of unbranched alkanes of at least 4 members (excludes halogenated alkanes) is 3. The number of amides is 1. The molecule has 8 nitrogen and oxygen atoms in total. The summed E-state index contributed by atoms with van der Waals surface area (Å²) >= 11 is 0. The molecule has 0 aliphatic heterocycles. The van der Waals surface area contributed by atoms with E-state index in [1.54, 1.807) is 54.6 Å². The number of carboxylic acid groups (broad SMARTS) is 2. The number of carbonyl (C=O) groups is 3. The molecule has 8 heteroatoms. The summed E-state index contributed by atoms with van der Waals surface area (Å²) in [7, 11) is 0. The molecule has 5 N–H and O–H groups in total. The predicted octanol–water partition coefficient (Wildman–Crippen LogP) is 2.64. The summed E-state index contributed by atoms with van der Waals surface area (Å²) in [6.45, 7) is 1.29. The summed E-state index contributed by atoms with van der Waals surface area (Å²) < 4.78 is 5.69. The van der Waals surface area contributed by atoms with E-state index >= 15 is 0 Å². The summed E-state index contributed by atoms with van der Waals surface area (Å²) in [6.07, 6.45) is 4.08. The Morgan fingerprint density at radius 1 is 0.818 bits per heavy atom. The van der Waals surface area contributed by atoms with Gasteiger partial charge in [0, 0.05) is 6.42 Å². The molecule has 0 spiro atoms. The zero-order valence-corrected chi connectivity index (χ0v) is 18.6. The van der Waals surface area contributed by atoms with Crippen molar-refractivity contribution in [2.24, 2.45) is 11.7 Å². The standard InChI is InChI=1S/C25H32N2O6/c26-14-6-1-2-7-15-33-20-12-10-19(11-13-20)17-22(25(31)32)27-23(28)21(24(29)30)16-18-8-4-3-5-9-18/h3-5,8-13,21-22H,1-2,6-7,14-17,26H2,(H,27,28)(H,29,30)(H,31,32)/t21-,22?/m0/s1. The zero-order valence-electron chi connectivity index (χ0n) is 18.6. The fourth-order valence-corrected chi connectivity index (χ4v) is 3.36. The molecule has 0 saturated heterocycles. The first kappa shape index (κ1) is 25.9. The monoisotopic (exact) mass is 456 g/mol. The van der Waals surface area contributed by atoms with Gasteiger partial charge in [-0.1, -0.05) is 55.3 Å². The maximum atomic E-state index is 12.6. The molecule has 178 valence electrons. The Bertz CT molecular complexity index is 886. The van der Waals surface area contributed by atoms with Gasteiger partial charge in [-0.05, 0) is 49.1 Å². The van der Waals surface area contributed by atoms with Crippen LogP contribution in [-0.4, -0.2) is 47.3 Å². The Morgan fingerprint density at radius 3 is 2.06 bits per heavy atom. The van der Waals surface area contributed by atoms with Crippen LogP contribution >= 0.6 is 0 Å². The average Bonchev–Trinajstić information content (AvgIpc) is 2.80. The van der Waals surface area contributed by atoms with Crippen LogP contribution in [0.1, 0.15) is 36.8 Å². The third kappa shape index (κ3) is 9.33. The highest BCUT2D eigenvalue weighted by molar-refractivity contribution is 5.98. The Balaban J connectivity index is 1.91. The van der Waals surface area contributed by atoms with Crippen LogP contribution in [-0.2, 0) is 27.2 Å². The van der Waals surface area contributed by atoms with Crippen molar-refractivity contribution < 1.29 is 29.3 Å². The number of nitrogens with two attached hydrogens (primary N) is 1. The highest BCUT2D eigenvalue weighted by atomic mass is 16.5. The normalized spacial score (nSPS) is 12.5. The van der Waals surface area contributed by atoms with Gasteiger partial charge in [-0.15, -0.1) is 0 Å².